The molecule has 1 saturated heterocycles. The van der Waals surface area contributed by atoms with Crippen molar-refractivity contribution in [3.05, 3.63) is 35.4 Å². The summed E-state index contributed by atoms with van der Waals surface area (Å²) in [5.41, 5.74) is 6.85. The Morgan fingerprint density at radius 3 is 2.16 bits per heavy atom. The Morgan fingerprint density at radius 1 is 0.969 bits per heavy atom. The van der Waals surface area contributed by atoms with Gasteiger partial charge in [0.25, 0.3) is 0 Å². The Hall–Kier alpha value is -2.54. The molecule has 2 aliphatic rings. The van der Waals surface area contributed by atoms with E-state index in [0.29, 0.717) is 13.1 Å². The lowest BCUT2D eigenvalue weighted by molar-refractivity contribution is 0.0240. The zero-order valence-corrected chi connectivity index (χ0v) is 21.0. The predicted octanol–water partition coefficient (Wildman–Crippen LogP) is 5.63. The minimum Gasteiger partial charge on any atom is -0.444 e. The van der Waals surface area contributed by atoms with Crippen LogP contribution in [0.25, 0.3) is 0 Å². The SMILES string of the molecule is Cc1cc(N(C)C)cc2c1Nc1c(C)cc(N3CCN(C(=O)OC(C)(C)C)CC3)cc1S2. The number of rotatable bonds is 2. The molecule has 0 radical (unpaired) electrons. The predicted molar refractivity (Wildman–Crippen MR) is 134 cm³/mol. The van der Waals surface area contributed by atoms with Crippen LogP contribution in [-0.4, -0.2) is 56.9 Å². The largest absolute Gasteiger partial charge is 0.444 e. The van der Waals surface area contributed by atoms with E-state index in [2.05, 4.69) is 67.3 Å². The van der Waals surface area contributed by atoms with Crippen LogP contribution in [0.3, 0.4) is 0 Å². The van der Waals surface area contributed by atoms with Gasteiger partial charge in [0.05, 0.1) is 11.4 Å². The molecule has 4 rings (SSSR count). The second kappa shape index (κ2) is 8.43. The van der Waals surface area contributed by atoms with E-state index in [4.69, 9.17) is 4.74 Å². The van der Waals surface area contributed by atoms with Gasteiger partial charge in [0.2, 0.25) is 0 Å². The molecule has 0 aliphatic carbocycles. The standard InChI is InChI=1S/C25H34N4O2S/c1-16-12-18(27(6)7)14-20-22(16)26-23-17(2)13-19(15-21(23)32-20)28-8-10-29(11-9-28)24(30)31-25(3,4)5/h12-15,26H,8-11H2,1-7H3. The molecule has 1 fully saturated rings. The van der Waals surface area contributed by atoms with Gasteiger partial charge in [0.1, 0.15) is 5.60 Å². The smallest absolute Gasteiger partial charge is 0.410 e. The number of hydrogen-bond acceptors (Lipinski definition) is 6. The fourth-order valence-corrected chi connectivity index (χ4v) is 5.34. The maximum atomic E-state index is 12.4. The molecule has 2 aliphatic heterocycles. The summed E-state index contributed by atoms with van der Waals surface area (Å²) in [7, 11) is 4.16. The van der Waals surface area contributed by atoms with Crippen molar-refractivity contribution in [2.24, 2.45) is 0 Å². The molecule has 1 amide bonds. The monoisotopic (exact) mass is 454 g/mol. The van der Waals surface area contributed by atoms with Crippen molar-refractivity contribution in [2.75, 3.05) is 55.4 Å². The van der Waals surface area contributed by atoms with E-state index in [1.807, 2.05) is 37.4 Å². The molecule has 2 aromatic rings. The molecular formula is C25H34N4O2S. The maximum Gasteiger partial charge on any atom is 0.410 e. The van der Waals surface area contributed by atoms with E-state index in [0.717, 1.165) is 13.1 Å². The number of carbonyl (C=O) groups is 1. The first kappa shape index (κ1) is 22.6. The molecule has 172 valence electrons. The van der Waals surface area contributed by atoms with Crippen molar-refractivity contribution in [3.63, 3.8) is 0 Å². The molecular weight excluding hydrogens is 420 g/mol. The normalized spacial score (nSPS) is 15.6. The van der Waals surface area contributed by atoms with Crippen LogP contribution in [0, 0.1) is 13.8 Å². The Kier molecular flexibility index (Phi) is 5.96. The van der Waals surface area contributed by atoms with Crippen LogP contribution in [0.15, 0.2) is 34.1 Å². The third-order valence-corrected chi connectivity index (χ3v) is 6.93. The van der Waals surface area contributed by atoms with E-state index < -0.39 is 5.60 Å². The second-order valence-electron chi connectivity index (χ2n) is 9.85. The molecule has 7 heteroatoms. The van der Waals surface area contributed by atoms with Crippen molar-refractivity contribution in [2.45, 2.75) is 50.0 Å². The highest BCUT2D eigenvalue weighted by atomic mass is 32.2. The Bertz CT molecular complexity index is 1040. The minimum absolute atomic E-state index is 0.220. The quantitative estimate of drug-likeness (QED) is 0.541. The third kappa shape index (κ3) is 4.63. The van der Waals surface area contributed by atoms with Crippen molar-refractivity contribution < 1.29 is 9.53 Å². The van der Waals surface area contributed by atoms with Gasteiger partial charge in [-0.1, -0.05) is 11.8 Å². The zero-order valence-electron chi connectivity index (χ0n) is 20.2. The van der Waals surface area contributed by atoms with E-state index in [1.165, 1.54) is 43.7 Å². The average molecular weight is 455 g/mol. The number of nitrogens with one attached hydrogen (secondary N) is 1. The first-order valence-electron chi connectivity index (χ1n) is 11.2. The minimum atomic E-state index is -0.463. The Morgan fingerprint density at radius 2 is 1.56 bits per heavy atom. The summed E-state index contributed by atoms with van der Waals surface area (Å²) in [5.74, 6) is 0. The summed E-state index contributed by atoms with van der Waals surface area (Å²) >= 11 is 1.83. The van der Waals surface area contributed by atoms with Gasteiger partial charge < -0.3 is 24.8 Å². The van der Waals surface area contributed by atoms with Crippen LogP contribution >= 0.6 is 11.8 Å². The van der Waals surface area contributed by atoms with Gasteiger partial charge in [-0.2, -0.15) is 0 Å². The van der Waals surface area contributed by atoms with Crippen LogP contribution in [0.5, 0.6) is 0 Å². The lowest BCUT2D eigenvalue weighted by Gasteiger charge is -2.37. The summed E-state index contributed by atoms with van der Waals surface area (Å²) in [5, 5.41) is 3.69. The van der Waals surface area contributed by atoms with Crippen molar-refractivity contribution in [1.29, 1.82) is 0 Å². The van der Waals surface area contributed by atoms with Crippen LogP contribution in [0.1, 0.15) is 31.9 Å². The van der Waals surface area contributed by atoms with Gasteiger partial charge in [-0.25, -0.2) is 4.79 Å². The molecule has 0 bridgehead atoms. The maximum absolute atomic E-state index is 12.4. The van der Waals surface area contributed by atoms with E-state index in [9.17, 15) is 4.79 Å². The highest BCUT2D eigenvalue weighted by molar-refractivity contribution is 7.99. The van der Waals surface area contributed by atoms with Crippen LogP contribution in [-0.2, 0) is 4.74 Å². The molecule has 0 unspecified atom stereocenters. The van der Waals surface area contributed by atoms with Gasteiger partial charge in [-0.15, -0.1) is 0 Å². The number of nitrogens with zero attached hydrogens (tertiary/aromatic N) is 3. The fraction of sp³-hybridized carbons (Fsp3) is 0.480. The first-order valence-corrected chi connectivity index (χ1v) is 12.0. The first-order chi connectivity index (χ1) is 15.0. The third-order valence-electron chi connectivity index (χ3n) is 5.85. The van der Waals surface area contributed by atoms with Crippen LogP contribution in [0.4, 0.5) is 27.5 Å². The number of carbonyl (C=O) groups excluding carboxylic acids is 1. The Labute approximate surface area is 195 Å². The van der Waals surface area contributed by atoms with Gasteiger partial charge in [-0.3, -0.25) is 0 Å². The van der Waals surface area contributed by atoms with Crippen molar-refractivity contribution in [1.82, 2.24) is 4.90 Å². The summed E-state index contributed by atoms with van der Waals surface area (Å²) < 4.78 is 5.53. The molecule has 32 heavy (non-hydrogen) atoms. The topological polar surface area (TPSA) is 48.0 Å². The zero-order chi connectivity index (χ0) is 23.2. The lowest BCUT2D eigenvalue weighted by atomic mass is 10.1. The summed E-state index contributed by atoms with van der Waals surface area (Å²) in [6, 6.07) is 9.02. The average Bonchev–Trinajstić information content (AvgIpc) is 2.71. The summed E-state index contributed by atoms with van der Waals surface area (Å²) in [6.07, 6.45) is -0.220. The van der Waals surface area contributed by atoms with E-state index >= 15 is 0 Å². The van der Waals surface area contributed by atoms with Gasteiger partial charge in [0.15, 0.2) is 0 Å². The van der Waals surface area contributed by atoms with Crippen molar-refractivity contribution in [3.8, 4) is 0 Å². The highest BCUT2D eigenvalue weighted by Gasteiger charge is 2.27. The number of ether oxygens (including phenoxy) is 1. The molecule has 6 nitrogen and oxygen atoms in total. The number of piperazine rings is 1. The van der Waals surface area contributed by atoms with Crippen molar-refractivity contribution >= 4 is 40.6 Å². The highest BCUT2D eigenvalue weighted by Crippen LogP contribution is 2.49. The van der Waals surface area contributed by atoms with Gasteiger partial charge in [0, 0.05) is 61.4 Å². The number of fused-ring (bicyclic) bond motifs is 2. The second-order valence-corrected chi connectivity index (χ2v) is 10.9. The number of anilines is 4. The van der Waals surface area contributed by atoms with E-state index in [1.54, 1.807) is 0 Å². The van der Waals surface area contributed by atoms with Gasteiger partial charge in [-0.05, 0) is 70.0 Å². The van der Waals surface area contributed by atoms with Crippen LogP contribution < -0.4 is 15.1 Å². The number of amides is 1. The molecule has 0 atom stereocenters. The molecule has 0 saturated carbocycles. The molecule has 0 aromatic heterocycles. The summed E-state index contributed by atoms with van der Waals surface area (Å²) in [6.45, 7) is 13.0. The van der Waals surface area contributed by atoms with E-state index in [-0.39, 0.29) is 6.09 Å². The molecule has 2 aromatic carbocycles. The fourth-order valence-electron chi connectivity index (χ4n) is 4.11. The van der Waals surface area contributed by atoms with Crippen LogP contribution in [0.2, 0.25) is 0 Å². The molecule has 2 heterocycles. The molecule has 0 spiro atoms. The molecule has 1 N–H and O–H groups in total. The van der Waals surface area contributed by atoms with Gasteiger partial charge >= 0.3 is 6.09 Å². The number of benzene rings is 2. The number of aryl methyl sites for hydroxylation is 2. The number of hydrogen-bond donors (Lipinski definition) is 1. The summed E-state index contributed by atoms with van der Waals surface area (Å²) in [4.78, 5) is 21.2. The Balaban J connectivity index is 1.52. The lowest BCUT2D eigenvalue weighted by Crippen LogP contribution is -2.50.